The number of hydrogen-bond acceptors (Lipinski definition) is 1. The smallest absolute Gasteiger partial charge is 0.0115 e. The van der Waals surface area contributed by atoms with Crippen molar-refractivity contribution in [3.8, 4) is 0 Å². The summed E-state index contributed by atoms with van der Waals surface area (Å²) in [7, 11) is 0. The Bertz CT molecular complexity index is 479. The van der Waals surface area contributed by atoms with E-state index in [0.717, 1.165) is 0 Å². The summed E-state index contributed by atoms with van der Waals surface area (Å²) in [6.45, 7) is 11.3. The summed E-state index contributed by atoms with van der Waals surface area (Å²) in [5, 5.41) is 0. The minimum atomic E-state index is 1.19. The molecular weight excluding hydrogens is 404 g/mol. The van der Waals surface area contributed by atoms with Gasteiger partial charge in [-0.25, -0.2) is 0 Å². The van der Waals surface area contributed by atoms with Gasteiger partial charge in [-0.05, 0) is 65.6 Å². The van der Waals surface area contributed by atoms with Crippen molar-refractivity contribution in [1.82, 2.24) is 0 Å². The molecule has 0 atom stereocenters. The van der Waals surface area contributed by atoms with Crippen molar-refractivity contribution < 1.29 is 0 Å². The molecule has 0 amide bonds. The number of rotatable bonds is 23. The fraction of sp³-hybridized carbons (Fsp3) is 0.806. The molecule has 188 valence electrons. The van der Waals surface area contributed by atoms with Crippen molar-refractivity contribution in [3.63, 3.8) is 0 Å². The van der Waals surface area contributed by atoms with Gasteiger partial charge in [-0.15, -0.1) is 0 Å². The Labute approximate surface area is 208 Å². The Morgan fingerprint density at radius 1 is 0.531 bits per heavy atom. The topological polar surface area (TPSA) is 0 Å². The Balaban J connectivity index is 3.39. The van der Waals surface area contributed by atoms with Crippen molar-refractivity contribution in [2.45, 2.75) is 150 Å². The highest BCUT2D eigenvalue weighted by Crippen LogP contribution is 2.15. The molecule has 0 radical (unpaired) electrons. The zero-order valence-corrected chi connectivity index (χ0v) is 23.6. The van der Waals surface area contributed by atoms with Crippen LogP contribution in [0.15, 0.2) is 34.9 Å². The molecule has 0 N–H and O–H groups in total. The third-order valence-corrected chi connectivity index (χ3v) is 7.29. The van der Waals surface area contributed by atoms with Crippen LogP contribution in [0.3, 0.4) is 0 Å². The SMILES string of the molecule is CCCCCCCCCCCCCCCCSC/C=C(\C)CC/C=C(\C)CCC=C(C)C. The fourth-order valence-corrected chi connectivity index (χ4v) is 5.00. The van der Waals surface area contributed by atoms with Crippen molar-refractivity contribution in [1.29, 1.82) is 0 Å². The molecule has 0 aliphatic rings. The number of thioether (sulfide) groups is 1. The quantitative estimate of drug-likeness (QED) is 0.107. The third-order valence-electron chi connectivity index (χ3n) is 6.31. The fourth-order valence-electron chi connectivity index (χ4n) is 4.02. The van der Waals surface area contributed by atoms with Gasteiger partial charge in [0.25, 0.3) is 0 Å². The van der Waals surface area contributed by atoms with Crippen LogP contribution in [-0.2, 0) is 0 Å². The minimum Gasteiger partial charge on any atom is -0.158 e. The normalized spacial score (nSPS) is 12.4. The van der Waals surface area contributed by atoms with E-state index >= 15 is 0 Å². The van der Waals surface area contributed by atoms with Crippen molar-refractivity contribution >= 4 is 11.8 Å². The zero-order chi connectivity index (χ0) is 23.7. The van der Waals surface area contributed by atoms with Gasteiger partial charge >= 0.3 is 0 Å². The van der Waals surface area contributed by atoms with Crippen molar-refractivity contribution in [2.75, 3.05) is 11.5 Å². The Morgan fingerprint density at radius 3 is 1.47 bits per heavy atom. The predicted octanol–water partition coefficient (Wildman–Crippen LogP) is 11.6. The maximum Gasteiger partial charge on any atom is 0.0115 e. The van der Waals surface area contributed by atoms with Crippen molar-refractivity contribution in [2.24, 2.45) is 0 Å². The lowest BCUT2D eigenvalue weighted by molar-refractivity contribution is 0.538. The Morgan fingerprint density at radius 2 is 0.969 bits per heavy atom. The molecule has 0 bridgehead atoms. The molecule has 0 saturated heterocycles. The van der Waals surface area contributed by atoms with E-state index in [1.54, 1.807) is 11.1 Å². The van der Waals surface area contributed by atoms with Crippen LogP contribution in [0, 0.1) is 0 Å². The first-order valence-corrected chi connectivity index (χ1v) is 15.2. The average Bonchev–Trinajstić information content (AvgIpc) is 2.75. The standard InChI is InChI=1S/C31H58S/c1-6-7-8-9-10-11-12-13-14-15-16-17-18-19-27-32-28-26-31(5)25-21-24-30(4)23-20-22-29(2)3/h22,24,26H,6-21,23,25,27-28H2,1-5H3/b30-24+,31-26+. The maximum atomic E-state index is 2.46. The van der Waals surface area contributed by atoms with Gasteiger partial charge in [0.05, 0.1) is 0 Å². The summed E-state index contributed by atoms with van der Waals surface area (Å²) in [6, 6.07) is 0. The van der Waals surface area contributed by atoms with E-state index in [1.807, 2.05) is 0 Å². The second kappa shape index (κ2) is 25.2. The number of hydrogen-bond donors (Lipinski definition) is 0. The molecule has 1 heteroatoms. The highest BCUT2D eigenvalue weighted by Gasteiger charge is 1.95. The van der Waals surface area contributed by atoms with Gasteiger partial charge in [-0.1, -0.05) is 125 Å². The van der Waals surface area contributed by atoms with E-state index in [1.165, 1.54) is 133 Å². The lowest BCUT2D eigenvalue weighted by atomic mass is 10.0. The minimum absolute atomic E-state index is 1.19. The molecule has 0 aromatic rings. The lowest BCUT2D eigenvalue weighted by Crippen LogP contribution is -1.86. The Kier molecular flexibility index (Phi) is 24.9. The van der Waals surface area contributed by atoms with Crippen LogP contribution in [0.5, 0.6) is 0 Å². The summed E-state index contributed by atoms with van der Waals surface area (Å²) in [6.07, 6.45) is 32.4. The van der Waals surface area contributed by atoms with Gasteiger partial charge in [-0.3, -0.25) is 0 Å². The molecule has 0 aromatic heterocycles. The van der Waals surface area contributed by atoms with E-state index in [9.17, 15) is 0 Å². The largest absolute Gasteiger partial charge is 0.158 e. The molecule has 0 aliphatic carbocycles. The van der Waals surface area contributed by atoms with Crippen LogP contribution >= 0.6 is 11.8 Å². The summed E-state index contributed by atoms with van der Waals surface area (Å²) in [5.41, 5.74) is 4.54. The summed E-state index contributed by atoms with van der Waals surface area (Å²) in [5.74, 6) is 2.54. The molecule has 0 saturated carbocycles. The summed E-state index contributed by atoms with van der Waals surface area (Å²) in [4.78, 5) is 0. The van der Waals surface area contributed by atoms with Gasteiger partial charge in [0.1, 0.15) is 0 Å². The molecule has 0 aliphatic heterocycles. The molecule has 0 heterocycles. The first-order valence-electron chi connectivity index (χ1n) is 14.1. The first kappa shape index (κ1) is 31.6. The Hall–Kier alpha value is -0.430. The summed E-state index contributed by atoms with van der Waals surface area (Å²) >= 11 is 2.12. The number of allylic oxidation sites excluding steroid dienone is 5. The molecule has 0 rings (SSSR count). The van der Waals surface area contributed by atoms with E-state index < -0.39 is 0 Å². The lowest BCUT2D eigenvalue weighted by Gasteiger charge is -2.04. The van der Waals surface area contributed by atoms with Crippen LogP contribution in [0.2, 0.25) is 0 Å². The predicted molar refractivity (Wildman–Crippen MR) is 153 cm³/mol. The van der Waals surface area contributed by atoms with E-state index in [-0.39, 0.29) is 0 Å². The van der Waals surface area contributed by atoms with E-state index in [2.05, 4.69) is 64.6 Å². The van der Waals surface area contributed by atoms with Crippen LogP contribution < -0.4 is 0 Å². The van der Waals surface area contributed by atoms with Gasteiger partial charge < -0.3 is 0 Å². The van der Waals surface area contributed by atoms with Crippen LogP contribution in [0.25, 0.3) is 0 Å². The highest BCUT2D eigenvalue weighted by atomic mass is 32.2. The van der Waals surface area contributed by atoms with Gasteiger partial charge in [0.2, 0.25) is 0 Å². The van der Waals surface area contributed by atoms with Crippen LogP contribution in [-0.4, -0.2) is 11.5 Å². The maximum absolute atomic E-state index is 2.46. The van der Waals surface area contributed by atoms with Crippen LogP contribution in [0.1, 0.15) is 150 Å². The first-order chi connectivity index (χ1) is 15.6. The van der Waals surface area contributed by atoms with Gasteiger partial charge in [-0.2, -0.15) is 11.8 Å². The van der Waals surface area contributed by atoms with Crippen molar-refractivity contribution in [3.05, 3.63) is 34.9 Å². The van der Waals surface area contributed by atoms with Gasteiger partial charge in [0, 0.05) is 5.75 Å². The molecule has 0 spiro atoms. The molecule has 0 aromatic carbocycles. The molecule has 0 fully saturated rings. The highest BCUT2D eigenvalue weighted by molar-refractivity contribution is 7.99. The van der Waals surface area contributed by atoms with Gasteiger partial charge in [0.15, 0.2) is 0 Å². The molecule has 32 heavy (non-hydrogen) atoms. The molecule has 0 unspecified atom stereocenters. The zero-order valence-electron chi connectivity index (χ0n) is 22.8. The average molecular weight is 463 g/mol. The summed E-state index contributed by atoms with van der Waals surface area (Å²) < 4.78 is 0. The second-order valence-electron chi connectivity index (χ2n) is 10.1. The third kappa shape index (κ3) is 25.8. The molecule has 0 nitrogen and oxygen atoms in total. The van der Waals surface area contributed by atoms with E-state index in [4.69, 9.17) is 0 Å². The molecular formula is C31H58S. The monoisotopic (exact) mass is 462 g/mol. The second-order valence-corrected chi connectivity index (χ2v) is 11.3. The number of unbranched alkanes of at least 4 members (excludes halogenated alkanes) is 13. The van der Waals surface area contributed by atoms with Crippen LogP contribution in [0.4, 0.5) is 0 Å². The van der Waals surface area contributed by atoms with E-state index in [0.29, 0.717) is 0 Å².